The van der Waals surface area contributed by atoms with Gasteiger partial charge in [0.25, 0.3) is 0 Å². The van der Waals surface area contributed by atoms with Crippen molar-refractivity contribution in [2.45, 2.75) is 46.2 Å². The molecule has 0 bridgehead atoms. The minimum atomic E-state index is -3.61. The van der Waals surface area contributed by atoms with E-state index < -0.39 is 21.9 Å². The van der Waals surface area contributed by atoms with Gasteiger partial charge in [-0.05, 0) is 49.1 Å². The van der Waals surface area contributed by atoms with Crippen LogP contribution < -0.4 is 14.4 Å². The number of nitrogens with one attached hydrogen (secondary N) is 1. The van der Waals surface area contributed by atoms with E-state index >= 15 is 0 Å². The summed E-state index contributed by atoms with van der Waals surface area (Å²) in [6.45, 7) is 6.28. The third kappa shape index (κ3) is 8.82. The van der Waals surface area contributed by atoms with Crippen molar-refractivity contribution >= 4 is 27.5 Å². The van der Waals surface area contributed by atoms with Crippen LogP contribution in [-0.2, 0) is 26.2 Å². The van der Waals surface area contributed by atoms with Gasteiger partial charge in [0.1, 0.15) is 17.6 Å². The van der Waals surface area contributed by atoms with Gasteiger partial charge in [-0.15, -0.1) is 0 Å². The van der Waals surface area contributed by atoms with E-state index in [4.69, 9.17) is 4.74 Å². The van der Waals surface area contributed by atoms with Crippen molar-refractivity contribution in [3.05, 3.63) is 59.9 Å². The number of rotatable bonds is 13. The molecule has 36 heavy (non-hydrogen) atoms. The molecule has 0 saturated carbocycles. The molecule has 0 aliphatic carbocycles. The number of nitrogens with zero attached hydrogens (tertiary/aromatic N) is 2. The summed E-state index contributed by atoms with van der Waals surface area (Å²) in [5.74, 6) is -0.207. The van der Waals surface area contributed by atoms with Crippen LogP contribution in [0.15, 0.2) is 48.5 Å². The molecule has 0 aliphatic rings. The van der Waals surface area contributed by atoms with Crippen LogP contribution >= 0.6 is 0 Å². The highest BCUT2D eigenvalue weighted by Gasteiger charge is 2.26. The maximum Gasteiger partial charge on any atom is 0.242 e. The molecule has 2 rings (SSSR count). The first-order valence-corrected chi connectivity index (χ1v) is 13.7. The Morgan fingerprint density at radius 2 is 1.75 bits per heavy atom. The van der Waals surface area contributed by atoms with Crippen molar-refractivity contribution < 1.29 is 27.1 Å². The molecule has 10 heteroatoms. The van der Waals surface area contributed by atoms with Crippen molar-refractivity contribution in [3.63, 3.8) is 0 Å². The van der Waals surface area contributed by atoms with Gasteiger partial charge < -0.3 is 15.0 Å². The SMILES string of the molecule is COc1cccc(N(CCCC(=O)N(Cc2ccc(F)cc2)C(C)C(=O)NCC(C)C)S(C)(=O)=O)c1. The highest BCUT2D eigenvalue weighted by atomic mass is 32.2. The molecular formula is C26H36FN3O5S. The highest BCUT2D eigenvalue weighted by Crippen LogP contribution is 2.24. The summed E-state index contributed by atoms with van der Waals surface area (Å²) in [5, 5.41) is 2.85. The number of anilines is 1. The monoisotopic (exact) mass is 521 g/mol. The number of halogens is 1. The quantitative estimate of drug-likeness (QED) is 0.435. The average Bonchev–Trinajstić information content (AvgIpc) is 2.83. The van der Waals surface area contributed by atoms with E-state index in [0.29, 0.717) is 23.5 Å². The summed E-state index contributed by atoms with van der Waals surface area (Å²) < 4.78 is 44.7. The molecule has 0 spiro atoms. The third-order valence-electron chi connectivity index (χ3n) is 5.61. The molecule has 0 radical (unpaired) electrons. The van der Waals surface area contributed by atoms with Crippen molar-refractivity contribution in [2.24, 2.45) is 5.92 Å². The van der Waals surface area contributed by atoms with Crippen LogP contribution in [0, 0.1) is 11.7 Å². The van der Waals surface area contributed by atoms with Gasteiger partial charge in [-0.25, -0.2) is 12.8 Å². The van der Waals surface area contributed by atoms with E-state index in [9.17, 15) is 22.4 Å². The predicted molar refractivity (Wildman–Crippen MR) is 139 cm³/mol. The van der Waals surface area contributed by atoms with Gasteiger partial charge >= 0.3 is 0 Å². The molecule has 2 aromatic carbocycles. The van der Waals surface area contributed by atoms with Gasteiger partial charge in [-0.1, -0.05) is 32.0 Å². The zero-order valence-corrected chi connectivity index (χ0v) is 22.3. The lowest BCUT2D eigenvalue weighted by Gasteiger charge is -2.29. The lowest BCUT2D eigenvalue weighted by Crippen LogP contribution is -2.48. The van der Waals surface area contributed by atoms with Crippen molar-refractivity contribution in [2.75, 3.05) is 30.8 Å². The van der Waals surface area contributed by atoms with Gasteiger partial charge in [0.05, 0.1) is 19.1 Å². The van der Waals surface area contributed by atoms with Crippen molar-refractivity contribution in [3.8, 4) is 5.75 Å². The molecule has 1 atom stereocenters. The van der Waals surface area contributed by atoms with E-state index in [1.54, 1.807) is 43.3 Å². The zero-order chi connectivity index (χ0) is 26.9. The van der Waals surface area contributed by atoms with E-state index in [0.717, 1.165) is 6.26 Å². The van der Waals surface area contributed by atoms with Crippen LogP contribution in [0.1, 0.15) is 39.2 Å². The smallest absolute Gasteiger partial charge is 0.242 e. The van der Waals surface area contributed by atoms with Crippen molar-refractivity contribution in [1.29, 1.82) is 0 Å². The summed E-state index contributed by atoms with van der Waals surface area (Å²) in [4.78, 5) is 27.4. The summed E-state index contributed by atoms with van der Waals surface area (Å²) in [5.41, 5.74) is 1.12. The van der Waals surface area contributed by atoms with Crippen LogP contribution in [0.3, 0.4) is 0 Å². The second kappa shape index (κ2) is 13.2. The summed E-state index contributed by atoms with van der Waals surface area (Å²) in [6.07, 6.45) is 1.37. The molecule has 198 valence electrons. The molecule has 0 saturated heterocycles. The van der Waals surface area contributed by atoms with E-state index in [1.165, 1.54) is 28.4 Å². The number of amides is 2. The average molecular weight is 522 g/mol. The minimum Gasteiger partial charge on any atom is -0.497 e. The molecule has 1 N–H and O–H groups in total. The maximum atomic E-state index is 13.4. The Morgan fingerprint density at radius 1 is 1.08 bits per heavy atom. The Morgan fingerprint density at radius 3 is 2.33 bits per heavy atom. The van der Waals surface area contributed by atoms with Gasteiger partial charge in [0, 0.05) is 32.1 Å². The molecule has 8 nitrogen and oxygen atoms in total. The number of sulfonamides is 1. The number of hydrogen-bond donors (Lipinski definition) is 1. The maximum absolute atomic E-state index is 13.4. The largest absolute Gasteiger partial charge is 0.497 e. The summed E-state index contributed by atoms with van der Waals surface area (Å²) in [7, 11) is -2.11. The number of methoxy groups -OCH3 is 1. The van der Waals surface area contributed by atoms with Crippen LogP contribution in [0.25, 0.3) is 0 Å². The Bertz CT molecular complexity index is 1120. The van der Waals surface area contributed by atoms with Crippen LogP contribution in [0.4, 0.5) is 10.1 Å². The molecule has 0 heterocycles. The predicted octanol–water partition coefficient (Wildman–Crippen LogP) is 3.57. The van der Waals surface area contributed by atoms with Gasteiger partial charge in [-0.3, -0.25) is 13.9 Å². The second-order valence-electron chi connectivity index (χ2n) is 9.10. The number of carbonyl (C=O) groups excluding carboxylic acids is 2. The van der Waals surface area contributed by atoms with Gasteiger partial charge in [0.15, 0.2) is 0 Å². The lowest BCUT2D eigenvalue weighted by molar-refractivity contribution is -0.140. The van der Waals surface area contributed by atoms with Crippen LogP contribution in [-0.4, -0.2) is 57.6 Å². The Labute approximate surface area is 213 Å². The van der Waals surface area contributed by atoms with Gasteiger partial charge in [0.2, 0.25) is 21.8 Å². The van der Waals surface area contributed by atoms with E-state index in [2.05, 4.69) is 5.32 Å². The Balaban J connectivity index is 2.16. The normalized spacial score (nSPS) is 12.2. The van der Waals surface area contributed by atoms with E-state index in [-0.39, 0.29) is 43.7 Å². The first kappa shape index (κ1) is 29.1. The molecule has 2 amide bonds. The number of benzene rings is 2. The molecule has 2 aromatic rings. The topological polar surface area (TPSA) is 96.0 Å². The number of hydrogen-bond acceptors (Lipinski definition) is 5. The number of ether oxygens (including phenoxy) is 1. The first-order chi connectivity index (χ1) is 16.9. The first-order valence-electron chi connectivity index (χ1n) is 11.9. The molecule has 1 unspecified atom stereocenters. The second-order valence-corrected chi connectivity index (χ2v) is 11.0. The Hall–Kier alpha value is -3.14. The molecule has 0 fully saturated rings. The van der Waals surface area contributed by atoms with Gasteiger partial charge in [-0.2, -0.15) is 0 Å². The lowest BCUT2D eigenvalue weighted by atomic mass is 10.1. The van der Waals surface area contributed by atoms with Crippen molar-refractivity contribution in [1.82, 2.24) is 10.2 Å². The van der Waals surface area contributed by atoms with Crippen LogP contribution in [0.5, 0.6) is 5.75 Å². The Kier molecular flexibility index (Phi) is 10.7. The highest BCUT2D eigenvalue weighted by molar-refractivity contribution is 7.92. The fourth-order valence-corrected chi connectivity index (χ4v) is 4.55. The minimum absolute atomic E-state index is 0.0268. The number of carbonyl (C=O) groups is 2. The fraction of sp³-hybridized carbons (Fsp3) is 0.462. The summed E-state index contributed by atoms with van der Waals surface area (Å²) >= 11 is 0. The fourth-order valence-electron chi connectivity index (χ4n) is 3.59. The molecule has 0 aliphatic heterocycles. The molecule has 0 aromatic heterocycles. The van der Waals surface area contributed by atoms with E-state index in [1.807, 2.05) is 13.8 Å². The third-order valence-corrected chi connectivity index (χ3v) is 6.81. The molecular weight excluding hydrogens is 485 g/mol. The van der Waals surface area contributed by atoms with Crippen LogP contribution in [0.2, 0.25) is 0 Å². The summed E-state index contributed by atoms with van der Waals surface area (Å²) in [6, 6.07) is 11.7. The standard InChI is InChI=1S/C26H36FN3O5S/c1-19(2)17-28-26(32)20(3)29(18-21-11-13-22(27)14-12-21)25(31)10-7-15-30(36(5,33)34)23-8-6-9-24(16-23)35-4/h6,8-9,11-14,16,19-20H,7,10,15,17-18H2,1-5H3,(H,28,32). The zero-order valence-electron chi connectivity index (χ0n) is 21.5.